The second kappa shape index (κ2) is 2.23. The lowest BCUT2D eigenvalue weighted by atomic mass is 9.54. The summed E-state index contributed by atoms with van der Waals surface area (Å²) >= 11 is 0. The van der Waals surface area contributed by atoms with Crippen molar-refractivity contribution < 1.29 is 17.2 Å². The van der Waals surface area contributed by atoms with Crippen LogP contribution in [0.2, 0.25) is 0 Å². The summed E-state index contributed by atoms with van der Waals surface area (Å²) in [7, 11) is -3.50. The highest BCUT2D eigenvalue weighted by molar-refractivity contribution is 7.89. The van der Waals surface area contributed by atoms with Gasteiger partial charge in [0.1, 0.15) is 0 Å². The molecule has 2 aliphatic rings. The van der Waals surface area contributed by atoms with E-state index in [4.69, 9.17) is 5.14 Å². The Balaban J connectivity index is 1.94. The van der Waals surface area contributed by atoms with Gasteiger partial charge in [-0.3, -0.25) is 0 Å². The van der Waals surface area contributed by atoms with E-state index in [0.29, 0.717) is 12.8 Å². The normalized spacial score (nSPS) is 31.0. The number of rotatable bonds is 1. The smallest absolute Gasteiger partial charge is 0.228 e. The summed E-state index contributed by atoms with van der Waals surface area (Å²) in [6.07, 6.45) is 0.320. The molecule has 13 heavy (non-hydrogen) atoms. The Labute approximate surface area is 75.3 Å². The van der Waals surface area contributed by atoms with Crippen LogP contribution in [0, 0.1) is 5.41 Å². The fourth-order valence-corrected chi connectivity index (χ4v) is 3.64. The Morgan fingerprint density at radius 2 is 1.69 bits per heavy atom. The van der Waals surface area contributed by atoms with E-state index >= 15 is 0 Å². The molecule has 6 heteroatoms. The van der Waals surface area contributed by atoms with Gasteiger partial charge in [-0.05, 0) is 18.3 Å². The molecular weight excluding hydrogens is 200 g/mol. The maximum absolute atomic E-state index is 12.5. The van der Waals surface area contributed by atoms with Crippen LogP contribution in [0.3, 0.4) is 0 Å². The van der Waals surface area contributed by atoms with Gasteiger partial charge in [-0.1, -0.05) is 0 Å². The van der Waals surface area contributed by atoms with Gasteiger partial charge in [0.25, 0.3) is 0 Å². The topological polar surface area (TPSA) is 60.2 Å². The number of nitrogens with two attached hydrogens (primary N) is 1. The first-order chi connectivity index (χ1) is 5.73. The van der Waals surface area contributed by atoms with Crippen molar-refractivity contribution in [2.24, 2.45) is 10.6 Å². The SMILES string of the molecule is NS(=O)(=O)C1CC2(C1)CC(F)(F)C2. The minimum absolute atomic E-state index is 0.161. The van der Waals surface area contributed by atoms with E-state index in [1.165, 1.54) is 0 Å². The second-order valence-electron chi connectivity index (χ2n) is 4.33. The summed E-state index contributed by atoms with van der Waals surface area (Å²) < 4.78 is 46.6. The Morgan fingerprint density at radius 1 is 1.23 bits per heavy atom. The first-order valence-corrected chi connectivity index (χ1v) is 5.73. The average Bonchev–Trinajstić information content (AvgIpc) is 1.72. The average molecular weight is 211 g/mol. The number of alkyl halides is 2. The van der Waals surface area contributed by atoms with Crippen LogP contribution in [0.5, 0.6) is 0 Å². The van der Waals surface area contributed by atoms with Crippen LogP contribution < -0.4 is 5.14 Å². The molecule has 0 aliphatic heterocycles. The van der Waals surface area contributed by atoms with Gasteiger partial charge in [0, 0.05) is 12.8 Å². The predicted molar refractivity (Wildman–Crippen MR) is 42.7 cm³/mol. The second-order valence-corrected chi connectivity index (χ2v) is 6.17. The highest BCUT2D eigenvalue weighted by Gasteiger charge is 2.63. The first kappa shape index (κ1) is 9.33. The van der Waals surface area contributed by atoms with Crippen LogP contribution >= 0.6 is 0 Å². The van der Waals surface area contributed by atoms with E-state index in [1.54, 1.807) is 0 Å². The summed E-state index contributed by atoms with van der Waals surface area (Å²) in [4.78, 5) is 0. The lowest BCUT2D eigenvalue weighted by molar-refractivity contribution is -0.188. The van der Waals surface area contributed by atoms with Gasteiger partial charge in [-0.15, -0.1) is 0 Å². The molecule has 0 bridgehead atoms. The number of sulfonamides is 1. The zero-order chi connectivity index (χ0) is 9.91. The van der Waals surface area contributed by atoms with Crippen molar-refractivity contribution in [1.82, 2.24) is 0 Å². The quantitative estimate of drug-likeness (QED) is 0.699. The lowest BCUT2D eigenvalue weighted by Gasteiger charge is -2.56. The van der Waals surface area contributed by atoms with Gasteiger partial charge in [-0.25, -0.2) is 22.3 Å². The highest BCUT2D eigenvalue weighted by Crippen LogP contribution is 2.63. The highest BCUT2D eigenvalue weighted by atomic mass is 32.2. The Kier molecular flexibility index (Phi) is 1.60. The van der Waals surface area contributed by atoms with E-state index < -0.39 is 26.6 Å². The van der Waals surface area contributed by atoms with Crippen LogP contribution in [0.15, 0.2) is 0 Å². The fraction of sp³-hybridized carbons (Fsp3) is 1.00. The summed E-state index contributed by atoms with van der Waals surface area (Å²) in [5, 5.41) is 4.31. The van der Waals surface area contributed by atoms with Crippen LogP contribution in [-0.4, -0.2) is 19.6 Å². The van der Waals surface area contributed by atoms with Gasteiger partial charge in [0.2, 0.25) is 15.9 Å². The Hall–Kier alpha value is -0.230. The van der Waals surface area contributed by atoms with Crippen molar-refractivity contribution in [3.63, 3.8) is 0 Å². The molecule has 3 nitrogen and oxygen atoms in total. The van der Waals surface area contributed by atoms with Crippen molar-refractivity contribution in [2.75, 3.05) is 0 Å². The van der Waals surface area contributed by atoms with Crippen LogP contribution in [-0.2, 0) is 10.0 Å². The maximum Gasteiger partial charge on any atom is 0.249 e. The first-order valence-electron chi connectivity index (χ1n) is 4.12. The largest absolute Gasteiger partial charge is 0.249 e. The third-order valence-corrected chi connectivity index (χ3v) is 4.32. The van der Waals surface area contributed by atoms with Crippen molar-refractivity contribution in [2.45, 2.75) is 36.9 Å². The fourth-order valence-electron chi connectivity index (χ4n) is 2.47. The Bertz CT molecular complexity index is 322. The number of hydrogen-bond acceptors (Lipinski definition) is 2. The Morgan fingerprint density at radius 3 is 2.00 bits per heavy atom. The zero-order valence-electron chi connectivity index (χ0n) is 6.96. The molecule has 0 radical (unpaired) electrons. The van der Waals surface area contributed by atoms with Crippen molar-refractivity contribution in [1.29, 1.82) is 0 Å². The molecule has 2 fully saturated rings. The minimum Gasteiger partial charge on any atom is -0.228 e. The van der Waals surface area contributed by atoms with E-state index in [-0.39, 0.29) is 12.8 Å². The predicted octanol–water partition coefficient (Wildman–Crippen LogP) is 0.853. The third-order valence-electron chi connectivity index (χ3n) is 3.05. The van der Waals surface area contributed by atoms with Crippen LogP contribution in [0.1, 0.15) is 25.7 Å². The van der Waals surface area contributed by atoms with Gasteiger partial charge in [0.15, 0.2) is 0 Å². The molecule has 0 atom stereocenters. The van der Waals surface area contributed by atoms with E-state index in [9.17, 15) is 17.2 Å². The molecule has 0 unspecified atom stereocenters. The van der Waals surface area contributed by atoms with E-state index in [2.05, 4.69) is 0 Å². The number of primary sulfonamides is 1. The molecule has 2 aliphatic carbocycles. The number of hydrogen-bond donors (Lipinski definition) is 1. The van der Waals surface area contributed by atoms with E-state index in [0.717, 1.165) is 0 Å². The molecule has 0 aromatic rings. The summed E-state index contributed by atoms with van der Waals surface area (Å²) in [5.41, 5.74) is -0.402. The minimum atomic E-state index is -3.50. The van der Waals surface area contributed by atoms with Crippen molar-refractivity contribution in [3.8, 4) is 0 Å². The third kappa shape index (κ3) is 1.46. The molecule has 0 saturated heterocycles. The van der Waals surface area contributed by atoms with Crippen molar-refractivity contribution >= 4 is 10.0 Å². The lowest BCUT2D eigenvalue weighted by Crippen LogP contribution is -2.58. The summed E-state index contributed by atoms with van der Waals surface area (Å²) in [6.45, 7) is 0. The molecule has 1 spiro atoms. The molecule has 2 saturated carbocycles. The van der Waals surface area contributed by atoms with Crippen LogP contribution in [0.25, 0.3) is 0 Å². The van der Waals surface area contributed by atoms with Gasteiger partial charge < -0.3 is 0 Å². The molecule has 0 aromatic heterocycles. The maximum atomic E-state index is 12.5. The molecule has 2 rings (SSSR count). The molecule has 0 aromatic carbocycles. The number of halogens is 2. The van der Waals surface area contributed by atoms with Gasteiger partial charge in [0.05, 0.1) is 5.25 Å². The van der Waals surface area contributed by atoms with Gasteiger partial charge >= 0.3 is 0 Å². The molecule has 2 N–H and O–H groups in total. The van der Waals surface area contributed by atoms with Gasteiger partial charge in [-0.2, -0.15) is 0 Å². The standard InChI is InChI=1S/C7H11F2NO2S/c8-7(9)3-6(4-7)1-5(2-6)13(10,11)12/h5H,1-4H2,(H2,10,11,12). The van der Waals surface area contributed by atoms with E-state index in [1.807, 2.05) is 0 Å². The van der Waals surface area contributed by atoms with Crippen molar-refractivity contribution in [3.05, 3.63) is 0 Å². The monoisotopic (exact) mass is 211 g/mol. The summed E-state index contributed by atoms with van der Waals surface area (Å²) in [6, 6.07) is 0. The molecule has 0 heterocycles. The molecular formula is C7H11F2NO2S. The van der Waals surface area contributed by atoms with Crippen LogP contribution in [0.4, 0.5) is 8.78 Å². The zero-order valence-corrected chi connectivity index (χ0v) is 7.78. The summed E-state index contributed by atoms with van der Waals surface area (Å²) in [5.74, 6) is -2.57. The molecule has 0 amide bonds. The molecule has 76 valence electrons.